The number of nitrogens with zero attached hydrogens (tertiary/aromatic N) is 1. The van der Waals surface area contributed by atoms with Gasteiger partial charge in [0.2, 0.25) is 11.8 Å². The maximum Gasteiger partial charge on any atom is 0.248 e. The largest absolute Gasteiger partial charge is 0.367 e. The lowest BCUT2D eigenvalue weighted by Crippen LogP contribution is -2.61. The van der Waals surface area contributed by atoms with Crippen LogP contribution >= 0.6 is 0 Å². The zero-order valence-electron chi connectivity index (χ0n) is 10.8. The van der Waals surface area contributed by atoms with Crippen molar-refractivity contribution in [2.75, 3.05) is 26.2 Å². The van der Waals surface area contributed by atoms with Crippen LogP contribution in [0.5, 0.6) is 0 Å². The fourth-order valence-electron chi connectivity index (χ4n) is 2.59. The van der Waals surface area contributed by atoms with Gasteiger partial charge in [0.15, 0.2) is 6.10 Å². The van der Waals surface area contributed by atoms with E-state index in [0.29, 0.717) is 13.2 Å². The van der Waals surface area contributed by atoms with Crippen molar-refractivity contribution in [3.63, 3.8) is 0 Å². The molecule has 0 spiro atoms. The number of amides is 2. The average Bonchev–Trinajstić information content (AvgIpc) is 2.39. The summed E-state index contributed by atoms with van der Waals surface area (Å²) in [5.74, 6) is -0.453. The molecular formula is C12H21N3O3. The van der Waals surface area contributed by atoms with Crippen molar-refractivity contribution in [3.05, 3.63) is 0 Å². The van der Waals surface area contributed by atoms with Crippen LogP contribution in [-0.4, -0.2) is 54.6 Å². The minimum atomic E-state index is -0.671. The summed E-state index contributed by atoms with van der Waals surface area (Å²) in [7, 11) is 0. The Kier molecular flexibility index (Phi) is 3.87. The second kappa shape index (κ2) is 5.24. The van der Waals surface area contributed by atoms with E-state index in [0.717, 1.165) is 25.8 Å². The Labute approximate surface area is 107 Å². The molecule has 0 saturated carbocycles. The first-order chi connectivity index (χ1) is 8.53. The molecule has 3 N–H and O–H groups in total. The maximum absolute atomic E-state index is 12.5. The molecule has 6 nitrogen and oxygen atoms in total. The van der Waals surface area contributed by atoms with Gasteiger partial charge in [0, 0.05) is 6.54 Å². The van der Waals surface area contributed by atoms with Crippen molar-refractivity contribution < 1.29 is 14.3 Å². The number of hydrogen-bond donors (Lipinski definition) is 2. The van der Waals surface area contributed by atoms with Crippen molar-refractivity contribution in [1.29, 1.82) is 0 Å². The normalized spacial score (nSPS) is 33.2. The summed E-state index contributed by atoms with van der Waals surface area (Å²) in [6.45, 7) is 3.97. The highest BCUT2D eigenvalue weighted by molar-refractivity contribution is 5.87. The van der Waals surface area contributed by atoms with Crippen LogP contribution in [0, 0.1) is 0 Å². The number of ether oxygens (including phenoxy) is 1. The first-order valence-corrected chi connectivity index (χ1v) is 6.48. The van der Waals surface area contributed by atoms with Gasteiger partial charge in [-0.2, -0.15) is 0 Å². The SMILES string of the molecule is C[C@@]1(C(=O)N2CCO[C@@H](C(N)=O)C2)CCCCN1. The van der Waals surface area contributed by atoms with E-state index in [4.69, 9.17) is 10.5 Å². The zero-order chi connectivity index (χ0) is 13.2. The summed E-state index contributed by atoms with van der Waals surface area (Å²) in [6, 6.07) is 0. The number of rotatable bonds is 2. The second-order valence-corrected chi connectivity index (χ2v) is 5.23. The van der Waals surface area contributed by atoms with Crippen LogP contribution in [0.1, 0.15) is 26.2 Å². The molecule has 2 rings (SSSR count). The second-order valence-electron chi connectivity index (χ2n) is 5.23. The van der Waals surface area contributed by atoms with E-state index in [1.54, 1.807) is 4.90 Å². The molecule has 2 heterocycles. The van der Waals surface area contributed by atoms with Gasteiger partial charge in [0.1, 0.15) is 0 Å². The van der Waals surface area contributed by atoms with Crippen LogP contribution in [0.25, 0.3) is 0 Å². The lowest BCUT2D eigenvalue weighted by Gasteiger charge is -2.40. The van der Waals surface area contributed by atoms with Crippen LogP contribution in [0.2, 0.25) is 0 Å². The van der Waals surface area contributed by atoms with E-state index in [2.05, 4.69) is 5.32 Å². The molecule has 102 valence electrons. The topological polar surface area (TPSA) is 84.7 Å². The monoisotopic (exact) mass is 255 g/mol. The Morgan fingerprint density at radius 3 is 2.83 bits per heavy atom. The van der Waals surface area contributed by atoms with Gasteiger partial charge in [-0.25, -0.2) is 0 Å². The third kappa shape index (κ3) is 2.64. The third-order valence-electron chi connectivity index (χ3n) is 3.76. The Balaban J connectivity index is 2.01. The highest BCUT2D eigenvalue weighted by Gasteiger charge is 2.39. The molecule has 0 bridgehead atoms. The highest BCUT2D eigenvalue weighted by atomic mass is 16.5. The zero-order valence-corrected chi connectivity index (χ0v) is 10.8. The first kappa shape index (κ1) is 13.3. The Hall–Kier alpha value is -1.14. The van der Waals surface area contributed by atoms with Gasteiger partial charge in [-0.15, -0.1) is 0 Å². The van der Waals surface area contributed by atoms with Crippen molar-refractivity contribution in [2.24, 2.45) is 5.73 Å². The van der Waals surface area contributed by atoms with Gasteiger partial charge in [-0.1, -0.05) is 0 Å². The van der Waals surface area contributed by atoms with Gasteiger partial charge in [0.05, 0.1) is 18.7 Å². The molecular weight excluding hydrogens is 234 g/mol. The van der Waals surface area contributed by atoms with Crippen molar-refractivity contribution >= 4 is 11.8 Å². The number of nitrogens with two attached hydrogens (primary N) is 1. The van der Waals surface area contributed by atoms with E-state index in [1.807, 2.05) is 6.92 Å². The summed E-state index contributed by atoms with van der Waals surface area (Å²) >= 11 is 0. The molecule has 2 amide bonds. The van der Waals surface area contributed by atoms with E-state index in [9.17, 15) is 9.59 Å². The van der Waals surface area contributed by atoms with Crippen LogP contribution in [0.3, 0.4) is 0 Å². The minimum Gasteiger partial charge on any atom is -0.367 e. The Bertz CT molecular complexity index is 339. The summed E-state index contributed by atoms with van der Waals surface area (Å²) in [4.78, 5) is 25.3. The van der Waals surface area contributed by atoms with Crippen molar-refractivity contribution in [1.82, 2.24) is 10.2 Å². The molecule has 18 heavy (non-hydrogen) atoms. The first-order valence-electron chi connectivity index (χ1n) is 6.48. The lowest BCUT2D eigenvalue weighted by molar-refractivity contribution is -0.150. The van der Waals surface area contributed by atoms with E-state index >= 15 is 0 Å². The molecule has 0 aromatic rings. The van der Waals surface area contributed by atoms with Gasteiger partial charge < -0.3 is 20.7 Å². The van der Waals surface area contributed by atoms with Crippen molar-refractivity contribution in [3.8, 4) is 0 Å². The number of piperidine rings is 1. The highest BCUT2D eigenvalue weighted by Crippen LogP contribution is 2.22. The van der Waals surface area contributed by atoms with Crippen LogP contribution in [-0.2, 0) is 14.3 Å². The summed E-state index contributed by atoms with van der Waals surface area (Å²) < 4.78 is 5.25. The number of carbonyl (C=O) groups is 2. The van der Waals surface area contributed by atoms with E-state index < -0.39 is 17.6 Å². The summed E-state index contributed by atoms with van der Waals surface area (Å²) in [5, 5.41) is 3.29. The number of nitrogens with one attached hydrogen (secondary N) is 1. The maximum atomic E-state index is 12.5. The van der Waals surface area contributed by atoms with E-state index in [1.165, 1.54) is 0 Å². The fraction of sp³-hybridized carbons (Fsp3) is 0.833. The van der Waals surface area contributed by atoms with Gasteiger partial charge >= 0.3 is 0 Å². The lowest BCUT2D eigenvalue weighted by atomic mass is 9.89. The number of morpholine rings is 1. The van der Waals surface area contributed by atoms with Crippen LogP contribution in [0.4, 0.5) is 0 Å². The molecule has 2 fully saturated rings. The van der Waals surface area contributed by atoms with E-state index in [-0.39, 0.29) is 12.5 Å². The molecule has 0 radical (unpaired) electrons. The van der Waals surface area contributed by atoms with Gasteiger partial charge in [0.25, 0.3) is 0 Å². The number of primary amides is 1. The van der Waals surface area contributed by atoms with Gasteiger partial charge in [-0.3, -0.25) is 9.59 Å². The third-order valence-corrected chi connectivity index (χ3v) is 3.76. The fourth-order valence-corrected chi connectivity index (χ4v) is 2.59. The predicted molar refractivity (Wildman–Crippen MR) is 65.8 cm³/mol. The summed E-state index contributed by atoms with van der Waals surface area (Å²) in [6.07, 6.45) is 2.33. The molecule has 2 aliphatic heterocycles. The quantitative estimate of drug-likeness (QED) is 0.678. The van der Waals surface area contributed by atoms with Crippen molar-refractivity contribution in [2.45, 2.75) is 37.8 Å². The molecule has 0 aromatic heterocycles. The minimum absolute atomic E-state index is 0.0525. The average molecular weight is 255 g/mol. The Morgan fingerprint density at radius 2 is 2.22 bits per heavy atom. The van der Waals surface area contributed by atoms with Gasteiger partial charge in [-0.05, 0) is 32.7 Å². The molecule has 6 heteroatoms. The van der Waals surface area contributed by atoms with Crippen LogP contribution < -0.4 is 11.1 Å². The number of carbonyl (C=O) groups excluding carboxylic acids is 2. The summed E-state index contributed by atoms with van der Waals surface area (Å²) in [5.41, 5.74) is 4.72. The molecule has 2 aliphatic rings. The molecule has 2 saturated heterocycles. The molecule has 2 atom stereocenters. The predicted octanol–water partition coefficient (Wildman–Crippen LogP) is -0.769. The molecule has 0 aliphatic carbocycles. The standard InChI is InChI=1S/C12H21N3O3/c1-12(4-2-3-5-14-12)11(17)15-6-7-18-9(8-15)10(13)16/h9,14H,2-8H2,1H3,(H2,13,16)/t9-,12+/m1/s1. The molecule has 0 aromatic carbocycles. The van der Waals surface area contributed by atoms with Crippen LogP contribution in [0.15, 0.2) is 0 Å². The Morgan fingerprint density at radius 1 is 1.44 bits per heavy atom. The smallest absolute Gasteiger partial charge is 0.248 e. The number of hydrogen-bond acceptors (Lipinski definition) is 4. The molecule has 0 unspecified atom stereocenters.